The van der Waals surface area contributed by atoms with E-state index in [1.54, 1.807) is 30.3 Å². The van der Waals surface area contributed by atoms with E-state index in [0.29, 0.717) is 29.5 Å². The smallest absolute Gasteiger partial charge is 0.305 e. The molecular weight excluding hydrogens is 481 g/mol. The molecule has 1 fully saturated rings. The van der Waals surface area contributed by atoms with Gasteiger partial charge in [-0.1, -0.05) is 29.3 Å². The average molecular weight is 508 g/mol. The molecule has 0 saturated carbocycles. The first-order chi connectivity index (χ1) is 16.1. The van der Waals surface area contributed by atoms with Gasteiger partial charge in [0.1, 0.15) is 0 Å². The molecule has 0 aromatic heterocycles. The van der Waals surface area contributed by atoms with Gasteiger partial charge in [-0.3, -0.25) is 14.4 Å². The summed E-state index contributed by atoms with van der Waals surface area (Å²) in [6.07, 6.45) is -0.344. The van der Waals surface area contributed by atoms with Gasteiger partial charge in [0.25, 0.3) is 5.91 Å². The lowest BCUT2D eigenvalue weighted by Gasteiger charge is -2.41. The molecule has 2 aromatic rings. The summed E-state index contributed by atoms with van der Waals surface area (Å²) in [7, 11) is 0. The summed E-state index contributed by atoms with van der Waals surface area (Å²) in [6.45, 7) is 6.55. The molecule has 0 radical (unpaired) electrons. The summed E-state index contributed by atoms with van der Waals surface area (Å²) in [5.74, 6) is -1.84. The van der Waals surface area contributed by atoms with Gasteiger partial charge >= 0.3 is 5.97 Å². The van der Waals surface area contributed by atoms with Gasteiger partial charge in [-0.15, -0.1) is 0 Å². The minimum Gasteiger partial charge on any atom is -0.481 e. The van der Waals surface area contributed by atoms with Crippen molar-refractivity contribution < 1.29 is 24.2 Å². The molecular formula is C24H27Cl2N3O5. The minimum absolute atomic E-state index is 0.0746. The van der Waals surface area contributed by atoms with Crippen LogP contribution in [0.1, 0.15) is 49.2 Å². The largest absolute Gasteiger partial charge is 0.481 e. The first-order valence-corrected chi connectivity index (χ1v) is 11.6. The number of amides is 2. The molecule has 34 heavy (non-hydrogen) atoms. The number of carboxylic acid groups (broad SMARTS) is 1. The normalized spacial score (nSPS) is 18.8. The molecule has 0 bridgehead atoms. The summed E-state index contributed by atoms with van der Waals surface area (Å²) in [4.78, 5) is 38.6. The molecule has 8 nitrogen and oxygen atoms in total. The van der Waals surface area contributed by atoms with Gasteiger partial charge in [-0.2, -0.15) is 0 Å². The summed E-state index contributed by atoms with van der Waals surface area (Å²) >= 11 is 12.1. The van der Waals surface area contributed by atoms with Gasteiger partial charge in [-0.25, -0.2) is 0 Å². The number of rotatable bonds is 7. The molecule has 0 aliphatic carbocycles. The second kappa shape index (κ2) is 11.1. The number of benzene rings is 2. The molecule has 1 heterocycles. The fourth-order valence-corrected chi connectivity index (χ4v) is 4.38. The standard InChI is InChI=1S/C24H27Cl2N3O5/c1-13-11-34-12-14(2)29(13)22-7-5-17(9-21(22)27-15(3)30)24(33)28-20(10-23(31)32)16-4-6-18(25)19(26)8-16/h4-9,13-14,20H,10-12H2,1-3H3,(H,27,30)(H,28,33)(H,31,32). The lowest BCUT2D eigenvalue weighted by molar-refractivity contribution is -0.137. The number of aliphatic carboxylic acids is 1. The highest BCUT2D eigenvalue weighted by molar-refractivity contribution is 6.42. The lowest BCUT2D eigenvalue weighted by Crippen LogP contribution is -2.50. The fourth-order valence-electron chi connectivity index (χ4n) is 4.07. The summed E-state index contributed by atoms with van der Waals surface area (Å²) in [6, 6.07) is 9.04. The van der Waals surface area contributed by atoms with Crippen LogP contribution < -0.4 is 15.5 Å². The Kier molecular flexibility index (Phi) is 8.41. The van der Waals surface area contributed by atoms with Crippen LogP contribution >= 0.6 is 23.2 Å². The van der Waals surface area contributed by atoms with Crippen LogP contribution in [0.2, 0.25) is 10.0 Å². The van der Waals surface area contributed by atoms with Crippen LogP contribution in [0, 0.1) is 0 Å². The van der Waals surface area contributed by atoms with Crippen molar-refractivity contribution in [2.45, 2.75) is 45.3 Å². The number of carboxylic acids is 1. The monoisotopic (exact) mass is 507 g/mol. The number of hydrogen-bond donors (Lipinski definition) is 3. The molecule has 2 amide bonds. The molecule has 3 rings (SSSR count). The molecule has 182 valence electrons. The zero-order chi connectivity index (χ0) is 25.0. The van der Waals surface area contributed by atoms with Gasteiger partial charge in [0.05, 0.1) is 47.1 Å². The number of anilines is 2. The molecule has 10 heteroatoms. The van der Waals surface area contributed by atoms with E-state index in [-0.39, 0.29) is 35.0 Å². The van der Waals surface area contributed by atoms with Gasteiger partial charge in [0.2, 0.25) is 5.91 Å². The zero-order valence-corrected chi connectivity index (χ0v) is 20.6. The molecule has 3 atom stereocenters. The third-order valence-electron chi connectivity index (χ3n) is 5.55. The molecule has 1 saturated heterocycles. The van der Waals surface area contributed by atoms with Crippen molar-refractivity contribution in [3.63, 3.8) is 0 Å². The van der Waals surface area contributed by atoms with Crippen LogP contribution in [0.4, 0.5) is 11.4 Å². The van der Waals surface area contributed by atoms with Crippen molar-refractivity contribution in [1.29, 1.82) is 0 Å². The van der Waals surface area contributed by atoms with E-state index in [2.05, 4.69) is 15.5 Å². The quantitative estimate of drug-likeness (QED) is 0.508. The highest BCUT2D eigenvalue weighted by Crippen LogP contribution is 2.33. The average Bonchev–Trinajstić information content (AvgIpc) is 2.75. The summed E-state index contributed by atoms with van der Waals surface area (Å²) in [5, 5.41) is 15.5. The van der Waals surface area contributed by atoms with Crippen LogP contribution in [0.3, 0.4) is 0 Å². The number of carbonyl (C=O) groups is 3. The lowest BCUT2D eigenvalue weighted by atomic mass is 10.0. The molecule has 1 aliphatic heterocycles. The van der Waals surface area contributed by atoms with Gasteiger partial charge in [0.15, 0.2) is 0 Å². The SMILES string of the molecule is CC(=O)Nc1cc(C(=O)NC(CC(=O)O)c2ccc(Cl)c(Cl)c2)ccc1N1C(C)COCC1C. The second-order valence-electron chi connectivity index (χ2n) is 8.35. The van der Waals surface area contributed by atoms with Gasteiger partial charge < -0.3 is 25.4 Å². The molecule has 2 aromatic carbocycles. The maximum Gasteiger partial charge on any atom is 0.305 e. The predicted molar refractivity (Wildman–Crippen MR) is 132 cm³/mol. The zero-order valence-electron chi connectivity index (χ0n) is 19.1. The van der Waals surface area contributed by atoms with Crippen molar-refractivity contribution in [3.05, 3.63) is 57.6 Å². The van der Waals surface area contributed by atoms with E-state index >= 15 is 0 Å². The van der Waals surface area contributed by atoms with Crippen molar-refractivity contribution in [2.24, 2.45) is 0 Å². The maximum absolute atomic E-state index is 13.1. The van der Waals surface area contributed by atoms with Crippen LogP contribution in [0.15, 0.2) is 36.4 Å². The molecule has 3 N–H and O–H groups in total. The third-order valence-corrected chi connectivity index (χ3v) is 6.28. The van der Waals surface area contributed by atoms with E-state index in [1.165, 1.54) is 13.0 Å². The number of ether oxygens (including phenoxy) is 1. The number of carbonyl (C=O) groups excluding carboxylic acids is 2. The van der Waals surface area contributed by atoms with E-state index in [9.17, 15) is 19.5 Å². The first kappa shape index (κ1) is 25.8. The Morgan fingerprint density at radius 1 is 1.09 bits per heavy atom. The number of nitrogens with zero attached hydrogens (tertiary/aromatic N) is 1. The Hall–Kier alpha value is -2.81. The van der Waals surface area contributed by atoms with Gasteiger partial charge in [0, 0.05) is 24.6 Å². The maximum atomic E-state index is 13.1. The van der Waals surface area contributed by atoms with Gasteiger partial charge in [-0.05, 0) is 49.7 Å². The number of morpholine rings is 1. The van der Waals surface area contributed by atoms with E-state index < -0.39 is 17.9 Å². The van der Waals surface area contributed by atoms with E-state index in [4.69, 9.17) is 27.9 Å². The Bertz CT molecular complexity index is 1080. The topological polar surface area (TPSA) is 108 Å². The third kappa shape index (κ3) is 6.20. The van der Waals surface area contributed by atoms with Crippen LogP contribution in [0.5, 0.6) is 0 Å². The van der Waals surface area contributed by atoms with E-state index in [0.717, 1.165) is 5.69 Å². The van der Waals surface area contributed by atoms with Crippen molar-refractivity contribution in [3.8, 4) is 0 Å². The highest BCUT2D eigenvalue weighted by atomic mass is 35.5. The van der Waals surface area contributed by atoms with Crippen molar-refractivity contribution in [1.82, 2.24) is 5.32 Å². The molecule has 1 aliphatic rings. The number of nitrogens with one attached hydrogen (secondary N) is 2. The Labute approximate surface area is 208 Å². The molecule has 3 unspecified atom stereocenters. The Balaban J connectivity index is 1.92. The van der Waals surface area contributed by atoms with Crippen LogP contribution in [-0.4, -0.2) is 48.2 Å². The first-order valence-electron chi connectivity index (χ1n) is 10.8. The Morgan fingerprint density at radius 2 is 1.76 bits per heavy atom. The number of hydrogen-bond acceptors (Lipinski definition) is 5. The van der Waals surface area contributed by atoms with Crippen molar-refractivity contribution in [2.75, 3.05) is 23.4 Å². The Morgan fingerprint density at radius 3 is 2.35 bits per heavy atom. The van der Waals surface area contributed by atoms with E-state index in [1.807, 2.05) is 13.8 Å². The summed E-state index contributed by atoms with van der Waals surface area (Å²) in [5.41, 5.74) is 2.06. The molecule has 0 spiro atoms. The fraction of sp³-hybridized carbons (Fsp3) is 0.375. The van der Waals surface area contributed by atoms with Crippen molar-refractivity contribution >= 4 is 52.4 Å². The minimum atomic E-state index is -1.08. The number of halogens is 2. The predicted octanol–water partition coefficient (Wildman–Crippen LogP) is 4.51. The summed E-state index contributed by atoms with van der Waals surface area (Å²) < 4.78 is 5.60. The second-order valence-corrected chi connectivity index (χ2v) is 9.17. The van der Waals surface area contributed by atoms with Crippen LogP contribution in [0.25, 0.3) is 0 Å². The van der Waals surface area contributed by atoms with Crippen LogP contribution in [-0.2, 0) is 14.3 Å². The highest BCUT2D eigenvalue weighted by Gasteiger charge is 2.28.